The first-order valence-corrected chi connectivity index (χ1v) is 13.6. The van der Waals surface area contributed by atoms with Gasteiger partial charge in [-0.25, -0.2) is 0 Å². The zero-order chi connectivity index (χ0) is 28.7. The lowest BCUT2D eigenvalue weighted by Gasteiger charge is -2.20. The zero-order valence-corrected chi connectivity index (χ0v) is 22.9. The van der Waals surface area contributed by atoms with Gasteiger partial charge in [-0.15, -0.1) is 0 Å². The Hall–Kier alpha value is -4.16. The first kappa shape index (κ1) is 27.0. The number of fused-ring (bicyclic) bond motifs is 4. The number of benzene rings is 2. The number of amides is 2. The van der Waals surface area contributed by atoms with E-state index in [4.69, 9.17) is 18.9 Å². The monoisotopic (exact) mass is 564 g/mol. The highest BCUT2D eigenvalue weighted by atomic mass is 16.5. The van der Waals surface area contributed by atoms with Crippen molar-refractivity contribution in [2.24, 2.45) is 9.98 Å². The molecule has 216 valence electrons. The van der Waals surface area contributed by atoms with Crippen LogP contribution in [0.2, 0.25) is 0 Å². The van der Waals surface area contributed by atoms with Gasteiger partial charge in [0.15, 0.2) is 23.0 Å². The van der Waals surface area contributed by atoms with Crippen LogP contribution in [0, 0.1) is 0 Å². The largest absolute Gasteiger partial charge is 0.493 e. The molecular formula is C29H32N4O8. The minimum atomic E-state index is -0.558. The standard InChI is InChI=1S/C29H32N4O8/c1-38-24-8-20-22(30-12-16-6-18(34)14-32(16)28(20)36)10-26(24)40-4-3-5-41-27-11-23-21(9-25(27)39-2)29(37)33-15-19(35)7-17(33)13-31-23/h8-13,16-19,34-35H,3-7,14-15H2,1-2H3. The molecule has 4 atom stereocenters. The van der Waals surface area contributed by atoms with Gasteiger partial charge >= 0.3 is 0 Å². The minimum absolute atomic E-state index is 0.198. The summed E-state index contributed by atoms with van der Waals surface area (Å²) in [5.74, 6) is 1.34. The Bertz CT molecular complexity index is 1320. The molecule has 2 fully saturated rings. The van der Waals surface area contributed by atoms with Crippen molar-refractivity contribution in [2.75, 3.05) is 40.5 Å². The van der Waals surface area contributed by atoms with Gasteiger partial charge in [0.1, 0.15) is 0 Å². The molecule has 0 aromatic heterocycles. The Morgan fingerprint density at radius 2 is 1.17 bits per heavy atom. The van der Waals surface area contributed by atoms with Gasteiger partial charge < -0.3 is 39.0 Å². The summed E-state index contributed by atoms with van der Waals surface area (Å²) >= 11 is 0. The topological polar surface area (TPSA) is 143 Å². The lowest BCUT2D eigenvalue weighted by atomic mass is 10.1. The molecule has 2 amide bonds. The summed E-state index contributed by atoms with van der Waals surface area (Å²) in [6, 6.07) is 6.16. The van der Waals surface area contributed by atoms with Crippen molar-refractivity contribution >= 4 is 35.6 Å². The van der Waals surface area contributed by atoms with Crippen molar-refractivity contribution in [1.29, 1.82) is 0 Å². The molecule has 4 heterocycles. The number of carbonyl (C=O) groups excluding carboxylic acids is 2. The fraction of sp³-hybridized carbons (Fsp3) is 0.448. The van der Waals surface area contributed by atoms with E-state index >= 15 is 0 Å². The molecule has 2 saturated heterocycles. The predicted molar refractivity (Wildman–Crippen MR) is 149 cm³/mol. The Morgan fingerprint density at radius 1 is 0.732 bits per heavy atom. The summed E-state index contributed by atoms with van der Waals surface area (Å²) in [6.45, 7) is 1.15. The third kappa shape index (κ3) is 5.08. The first-order chi connectivity index (χ1) is 19.9. The molecule has 0 saturated carbocycles. The Kier molecular flexibility index (Phi) is 7.26. The highest BCUT2D eigenvalue weighted by molar-refractivity contribution is 6.04. The van der Waals surface area contributed by atoms with Gasteiger partial charge in [0.05, 0.1) is 74.2 Å². The maximum atomic E-state index is 13.1. The van der Waals surface area contributed by atoms with Gasteiger partial charge in [-0.2, -0.15) is 0 Å². The molecular weight excluding hydrogens is 532 g/mol. The van der Waals surface area contributed by atoms with Crippen LogP contribution in [0.15, 0.2) is 34.3 Å². The van der Waals surface area contributed by atoms with Crippen molar-refractivity contribution in [3.8, 4) is 23.0 Å². The van der Waals surface area contributed by atoms with E-state index in [0.29, 0.717) is 78.0 Å². The summed E-state index contributed by atoms with van der Waals surface area (Å²) in [6.07, 6.45) is 3.72. The molecule has 0 radical (unpaired) electrons. The van der Waals surface area contributed by atoms with E-state index in [1.807, 2.05) is 0 Å². The van der Waals surface area contributed by atoms with Crippen LogP contribution in [-0.4, -0.2) is 109 Å². The van der Waals surface area contributed by atoms with E-state index < -0.39 is 12.2 Å². The number of nitrogens with zero attached hydrogens (tertiary/aromatic N) is 4. The Morgan fingerprint density at radius 3 is 1.59 bits per heavy atom. The number of ether oxygens (including phenoxy) is 4. The molecule has 4 aliphatic rings. The van der Waals surface area contributed by atoms with Crippen LogP contribution in [0.5, 0.6) is 23.0 Å². The highest BCUT2D eigenvalue weighted by Crippen LogP contribution is 2.39. The number of hydrogen-bond donors (Lipinski definition) is 2. The van der Waals surface area contributed by atoms with Gasteiger partial charge in [-0.3, -0.25) is 19.6 Å². The normalized spacial score (nSPS) is 24.3. The Balaban J connectivity index is 1.10. The van der Waals surface area contributed by atoms with Crippen molar-refractivity contribution in [3.63, 3.8) is 0 Å². The quantitative estimate of drug-likeness (QED) is 0.465. The van der Waals surface area contributed by atoms with Crippen LogP contribution in [0.4, 0.5) is 11.4 Å². The van der Waals surface area contributed by atoms with Crippen molar-refractivity contribution < 1.29 is 38.7 Å². The molecule has 12 nitrogen and oxygen atoms in total. The maximum absolute atomic E-state index is 13.1. The molecule has 12 heteroatoms. The number of methoxy groups -OCH3 is 2. The molecule has 2 aromatic carbocycles. The maximum Gasteiger partial charge on any atom is 0.256 e. The SMILES string of the molecule is COc1cc2c(cc1OCCCOc1cc3c(cc1OC)C(=O)N1CC(O)CC1C=N3)N=CC1CC(O)CN1C2=O. The fourth-order valence-electron chi connectivity index (χ4n) is 5.70. The van der Waals surface area contributed by atoms with Crippen LogP contribution >= 0.6 is 0 Å². The van der Waals surface area contributed by atoms with Gasteiger partial charge in [-0.05, 0) is 12.1 Å². The second-order valence-corrected chi connectivity index (χ2v) is 10.5. The molecule has 4 unspecified atom stereocenters. The van der Waals surface area contributed by atoms with Crippen LogP contribution in [-0.2, 0) is 0 Å². The van der Waals surface area contributed by atoms with E-state index in [0.717, 1.165) is 0 Å². The molecule has 2 aromatic rings. The number of hydrogen-bond acceptors (Lipinski definition) is 10. The molecule has 4 aliphatic heterocycles. The van der Waals surface area contributed by atoms with E-state index in [9.17, 15) is 19.8 Å². The number of carbonyl (C=O) groups is 2. The molecule has 0 aliphatic carbocycles. The van der Waals surface area contributed by atoms with Gasteiger partial charge in [-0.1, -0.05) is 0 Å². The van der Waals surface area contributed by atoms with Crippen LogP contribution < -0.4 is 18.9 Å². The predicted octanol–water partition coefficient (Wildman–Crippen LogP) is 2.13. The molecule has 2 N–H and O–H groups in total. The average Bonchev–Trinajstić information content (AvgIpc) is 3.48. The van der Waals surface area contributed by atoms with E-state index in [-0.39, 0.29) is 37.0 Å². The summed E-state index contributed by atoms with van der Waals surface area (Å²) < 4.78 is 22.9. The van der Waals surface area contributed by atoms with Crippen LogP contribution in [0.25, 0.3) is 0 Å². The summed E-state index contributed by atoms with van der Waals surface area (Å²) in [7, 11) is 3.02. The lowest BCUT2D eigenvalue weighted by Crippen LogP contribution is -2.35. The smallest absolute Gasteiger partial charge is 0.256 e. The van der Waals surface area contributed by atoms with E-state index in [1.54, 1.807) is 46.5 Å². The third-order valence-corrected chi connectivity index (χ3v) is 7.76. The third-order valence-electron chi connectivity index (χ3n) is 7.76. The van der Waals surface area contributed by atoms with Gasteiger partial charge in [0.2, 0.25) is 0 Å². The summed E-state index contributed by atoms with van der Waals surface area (Å²) in [5.41, 5.74) is 1.79. The summed E-state index contributed by atoms with van der Waals surface area (Å²) in [4.78, 5) is 38.4. The van der Waals surface area contributed by atoms with E-state index in [1.165, 1.54) is 14.2 Å². The zero-order valence-electron chi connectivity index (χ0n) is 22.9. The minimum Gasteiger partial charge on any atom is -0.493 e. The average molecular weight is 565 g/mol. The fourth-order valence-corrected chi connectivity index (χ4v) is 5.70. The second-order valence-electron chi connectivity index (χ2n) is 10.5. The number of aliphatic imine (C=N–C) groups is 2. The van der Waals surface area contributed by atoms with E-state index in [2.05, 4.69) is 9.98 Å². The van der Waals surface area contributed by atoms with Crippen LogP contribution in [0.3, 0.4) is 0 Å². The molecule has 0 bridgehead atoms. The second kappa shape index (κ2) is 11.0. The highest BCUT2D eigenvalue weighted by Gasteiger charge is 2.38. The first-order valence-electron chi connectivity index (χ1n) is 13.6. The van der Waals surface area contributed by atoms with Gasteiger partial charge in [0.25, 0.3) is 11.8 Å². The number of aliphatic hydroxyl groups is 2. The lowest BCUT2D eigenvalue weighted by molar-refractivity contribution is 0.0743. The molecule has 6 rings (SSSR count). The van der Waals surface area contributed by atoms with Crippen molar-refractivity contribution in [3.05, 3.63) is 35.4 Å². The van der Waals surface area contributed by atoms with Crippen LogP contribution in [0.1, 0.15) is 40.0 Å². The number of rotatable bonds is 8. The van der Waals surface area contributed by atoms with Gasteiger partial charge in [0, 0.05) is 56.9 Å². The Labute approximate surface area is 236 Å². The van der Waals surface area contributed by atoms with Crippen molar-refractivity contribution in [1.82, 2.24) is 9.80 Å². The molecule has 41 heavy (non-hydrogen) atoms. The molecule has 0 spiro atoms. The van der Waals surface area contributed by atoms with Crippen molar-refractivity contribution in [2.45, 2.75) is 43.6 Å². The summed E-state index contributed by atoms with van der Waals surface area (Å²) in [5, 5.41) is 19.9. The number of aliphatic hydroxyl groups excluding tert-OH is 2.